The molecular formula is C15H10Cl2O. The minimum Gasteiger partial charge on any atom is -0.293 e. The van der Waals surface area contributed by atoms with Crippen LogP contribution >= 0.6 is 23.2 Å². The van der Waals surface area contributed by atoms with Gasteiger partial charge in [0, 0.05) is 10.6 Å². The maximum Gasteiger partial charge on any atom is 0.172 e. The average Bonchev–Trinajstić information content (AvgIpc) is 2.30. The van der Waals surface area contributed by atoms with Crippen LogP contribution in [0.2, 0.25) is 10.0 Å². The molecule has 0 saturated heterocycles. The molecule has 0 spiro atoms. The number of hydrogen-bond donors (Lipinski definition) is 0. The summed E-state index contributed by atoms with van der Waals surface area (Å²) >= 11 is 11.9. The van der Waals surface area contributed by atoms with Crippen molar-refractivity contribution in [3.05, 3.63) is 69.2 Å². The molecule has 2 aromatic rings. The van der Waals surface area contributed by atoms with E-state index in [1.807, 2.05) is 18.2 Å². The second-order valence-corrected chi connectivity index (χ2v) is 5.29. The molecule has 0 saturated carbocycles. The second kappa shape index (κ2) is 4.42. The Bertz CT molecular complexity index is 634. The quantitative estimate of drug-likeness (QED) is 0.738. The van der Waals surface area contributed by atoms with Gasteiger partial charge in [-0.1, -0.05) is 47.5 Å². The molecule has 18 heavy (non-hydrogen) atoms. The smallest absolute Gasteiger partial charge is 0.172 e. The number of carbonyl (C=O) groups is 1. The van der Waals surface area contributed by atoms with E-state index in [1.165, 1.54) is 5.56 Å². The minimum absolute atomic E-state index is 0.0557. The van der Waals surface area contributed by atoms with Gasteiger partial charge in [0.05, 0.1) is 10.9 Å². The number of hydrogen-bond acceptors (Lipinski definition) is 1. The van der Waals surface area contributed by atoms with E-state index in [-0.39, 0.29) is 11.7 Å². The van der Waals surface area contributed by atoms with Crippen LogP contribution in [0.25, 0.3) is 0 Å². The number of ketones is 1. The molecule has 0 fully saturated rings. The van der Waals surface area contributed by atoms with Crippen molar-refractivity contribution in [3.63, 3.8) is 0 Å². The molecule has 1 atom stereocenters. The van der Waals surface area contributed by atoms with Crippen LogP contribution in [0.5, 0.6) is 0 Å². The van der Waals surface area contributed by atoms with Gasteiger partial charge < -0.3 is 0 Å². The molecule has 0 aromatic heterocycles. The average molecular weight is 277 g/mol. The van der Waals surface area contributed by atoms with Gasteiger partial charge in [-0.25, -0.2) is 0 Å². The van der Waals surface area contributed by atoms with Crippen molar-refractivity contribution >= 4 is 29.0 Å². The number of Topliss-reactive ketones (excluding diaryl/α,β-unsaturated/α-hetero) is 1. The molecule has 1 unspecified atom stereocenters. The van der Waals surface area contributed by atoms with E-state index >= 15 is 0 Å². The van der Waals surface area contributed by atoms with Crippen LogP contribution in [0.4, 0.5) is 0 Å². The summed E-state index contributed by atoms with van der Waals surface area (Å²) in [7, 11) is 0. The van der Waals surface area contributed by atoms with Crippen molar-refractivity contribution in [2.24, 2.45) is 0 Å². The van der Waals surface area contributed by atoms with Crippen LogP contribution in [0.1, 0.15) is 27.4 Å². The van der Waals surface area contributed by atoms with Gasteiger partial charge in [0.1, 0.15) is 0 Å². The maximum absolute atomic E-state index is 12.4. The highest BCUT2D eigenvalue weighted by Crippen LogP contribution is 2.38. The summed E-state index contributed by atoms with van der Waals surface area (Å²) in [6.07, 6.45) is 0.800. The summed E-state index contributed by atoms with van der Waals surface area (Å²) in [5.41, 5.74) is 2.93. The lowest BCUT2D eigenvalue weighted by atomic mass is 9.74. The zero-order valence-electron chi connectivity index (χ0n) is 9.49. The highest BCUT2D eigenvalue weighted by molar-refractivity contribution is 6.37. The Morgan fingerprint density at radius 1 is 1.11 bits per heavy atom. The van der Waals surface area contributed by atoms with Crippen LogP contribution in [-0.4, -0.2) is 5.78 Å². The number of carbonyl (C=O) groups excluding carboxylic acids is 1. The van der Waals surface area contributed by atoms with Crippen molar-refractivity contribution in [3.8, 4) is 0 Å². The Morgan fingerprint density at radius 2 is 1.89 bits per heavy atom. The van der Waals surface area contributed by atoms with Gasteiger partial charge in [-0.15, -0.1) is 0 Å². The fraction of sp³-hybridized carbons (Fsp3) is 0.133. The lowest BCUT2D eigenvalue weighted by molar-refractivity contribution is 0.0949. The molecule has 0 heterocycles. The van der Waals surface area contributed by atoms with Crippen LogP contribution in [0.15, 0.2) is 42.5 Å². The summed E-state index contributed by atoms with van der Waals surface area (Å²) in [6.45, 7) is 0. The van der Waals surface area contributed by atoms with Crippen molar-refractivity contribution < 1.29 is 4.79 Å². The van der Waals surface area contributed by atoms with Gasteiger partial charge in [-0.3, -0.25) is 4.79 Å². The highest BCUT2D eigenvalue weighted by Gasteiger charge is 2.33. The Morgan fingerprint density at radius 3 is 2.61 bits per heavy atom. The summed E-state index contributed by atoms with van der Waals surface area (Å²) in [5.74, 6) is 0.0234. The third kappa shape index (κ3) is 1.84. The van der Waals surface area contributed by atoms with Crippen molar-refractivity contribution in [1.82, 2.24) is 0 Å². The third-order valence-corrected chi connectivity index (χ3v) is 3.92. The van der Waals surface area contributed by atoms with E-state index in [0.29, 0.717) is 15.6 Å². The van der Waals surface area contributed by atoms with Crippen molar-refractivity contribution in [2.45, 2.75) is 12.3 Å². The van der Waals surface area contributed by atoms with Crippen LogP contribution in [-0.2, 0) is 6.42 Å². The first-order valence-corrected chi connectivity index (χ1v) is 6.49. The van der Waals surface area contributed by atoms with Gasteiger partial charge in [0.25, 0.3) is 0 Å². The molecule has 1 aliphatic carbocycles. The van der Waals surface area contributed by atoms with Crippen LogP contribution in [0.3, 0.4) is 0 Å². The Hall–Kier alpha value is -1.31. The zero-order valence-corrected chi connectivity index (χ0v) is 11.0. The maximum atomic E-state index is 12.4. The summed E-state index contributed by atoms with van der Waals surface area (Å²) < 4.78 is 0. The predicted octanol–water partition coefficient (Wildman–Crippen LogP) is 4.52. The molecule has 1 aliphatic rings. The largest absolute Gasteiger partial charge is 0.293 e. The minimum atomic E-state index is -0.0557. The topological polar surface area (TPSA) is 17.1 Å². The number of rotatable bonds is 2. The van der Waals surface area contributed by atoms with E-state index in [0.717, 1.165) is 12.0 Å². The molecule has 3 heteroatoms. The summed E-state index contributed by atoms with van der Waals surface area (Å²) in [5, 5.41) is 0.974. The Kier molecular flexibility index (Phi) is 2.89. The molecule has 0 bridgehead atoms. The first-order valence-electron chi connectivity index (χ1n) is 5.74. The Labute approximate surface area is 115 Å². The van der Waals surface area contributed by atoms with Crippen LogP contribution in [0, 0.1) is 0 Å². The van der Waals surface area contributed by atoms with E-state index < -0.39 is 0 Å². The standard InChI is InChI=1S/C15H10Cl2O/c16-10-5-6-12(14(17)8-10)15(18)13-7-9-3-1-2-4-11(9)13/h1-6,8,13H,7H2. The van der Waals surface area contributed by atoms with Crippen molar-refractivity contribution in [1.29, 1.82) is 0 Å². The summed E-state index contributed by atoms with van der Waals surface area (Å²) in [6, 6.07) is 13.0. The number of fused-ring (bicyclic) bond motifs is 1. The number of benzene rings is 2. The zero-order chi connectivity index (χ0) is 12.7. The van der Waals surface area contributed by atoms with E-state index in [4.69, 9.17) is 23.2 Å². The summed E-state index contributed by atoms with van der Waals surface area (Å²) in [4.78, 5) is 12.4. The SMILES string of the molecule is O=C(c1ccc(Cl)cc1Cl)C1Cc2ccccc21. The normalized spacial score (nSPS) is 16.9. The second-order valence-electron chi connectivity index (χ2n) is 4.44. The van der Waals surface area contributed by atoms with E-state index in [9.17, 15) is 4.79 Å². The molecule has 3 rings (SSSR count). The van der Waals surface area contributed by atoms with Crippen LogP contribution < -0.4 is 0 Å². The van der Waals surface area contributed by atoms with E-state index in [1.54, 1.807) is 18.2 Å². The predicted molar refractivity (Wildman–Crippen MR) is 73.7 cm³/mol. The lowest BCUT2D eigenvalue weighted by Gasteiger charge is -2.29. The first kappa shape index (κ1) is 11.8. The fourth-order valence-corrected chi connectivity index (χ4v) is 2.87. The molecule has 2 aromatic carbocycles. The first-order chi connectivity index (χ1) is 8.66. The van der Waals surface area contributed by atoms with E-state index in [2.05, 4.69) is 6.07 Å². The van der Waals surface area contributed by atoms with Crippen molar-refractivity contribution in [2.75, 3.05) is 0 Å². The monoisotopic (exact) mass is 276 g/mol. The molecule has 0 N–H and O–H groups in total. The van der Waals surface area contributed by atoms with Gasteiger partial charge in [0.15, 0.2) is 5.78 Å². The molecule has 0 amide bonds. The fourth-order valence-electron chi connectivity index (χ4n) is 2.37. The molecular weight excluding hydrogens is 267 g/mol. The third-order valence-electron chi connectivity index (χ3n) is 3.37. The molecule has 0 radical (unpaired) electrons. The lowest BCUT2D eigenvalue weighted by Crippen LogP contribution is -2.25. The Balaban J connectivity index is 1.94. The highest BCUT2D eigenvalue weighted by atomic mass is 35.5. The molecule has 0 aliphatic heterocycles. The number of halogens is 2. The molecule has 1 nitrogen and oxygen atoms in total. The van der Waals surface area contributed by atoms with Gasteiger partial charge in [0.2, 0.25) is 0 Å². The molecule has 90 valence electrons. The van der Waals surface area contributed by atoms with Gasteiger partial charge in [-0.2, -0.15) is 0 Å². The van der Waals surface area contributed by atoms with Gasteiger partial charge in [-0.05, 0) is 35.7 Å². The van der Waals surface area contributed by atoms with Gasteiger partial charge >= 0.3 is 0 Å².